The lowest BCUT2D eigenvalue weighted by atomic mass is 9.98. The molecule has 0 spiro atoms. The first-order chi connectivity index (χ1) is 7.97. The standard InChI is InChI=1S/C12H10ClF2NO/c1-7(17)11(13)10-3-2-9(12(14)15)6-8(10)4-5-16/h2-3,6,11-12H,4H2,1H3. The summed E-state index contributed by atoms with van der Waals surface area (Å²) >= 11 is 5.87. The summed E-state index contributed by atoms with van der Waals surface area (Å²) in [5.41, 5.74) is 0.622. The Morgan fingerprint density at radius 2 is 2.18 bits per heavy atom. The molecule has 0 N–H and O–H groups in total. The van der Waals surface area contributed by atoms with Crippen LogP contribution in [0, 0.1) is 11.3 Å². The summed E-state index contributed by atoms with van der Waals surface area (Å²) in [6.45, 7) is 1.31. The van der Waals surface area contributed by atoms with E-state index in [0.29, 0.717) is 11.1 Å². The number of Topliss-reactive ketones (excluding diaryl/α,β-unsaturated/α-hetero) is 1. The van der Waals surface area contributed by atoms with Gasteiger partial charge in [-0.15, -0.1) is 11.6 Å². The van der Waals surface area contributed by atoms with Crippen LogP contribution in [0.1, 0.15) is 35.4 Å². The lowest BCUT2D eigenvalue weighted by Crippen LogP contribution is -2.06. The second-order valence-electron chi connectivity index (χ2n) is 3.57. The second kappa shape index (κ2) is 5.74. The zero-order chi connectivity index (χ0) is 13.0. The van der Waals surface area contributed by atoms with Crippen molar-refractivity contribution in [3.63, 3.8) is 0 Å². The van der Waals surface area contributed by atoms with E-state index in [1.54, 1.807) is 0 Å². The summed E-state index contributed by atoms with van der Waals surface area (Å²) < 4.78 is 25.0. The molecule has 5 heteroatoms. The maximum Gasteiger partial charge on any atom is 0.263 e. The quantitative estimate of drug-likeness (QED) is 0.774. The summed E-state index contributed by atoms with van der Waals surface area (Å²) in [5, 5.41) is 7.73. The number of benzene rings is 1. The molecule has 90 valence electrons. The van der Waals surface area contributed by atoms with Gasteiger partial charge in [0.1, 0.15) is 5.38 Å². The molecule has 0 saturated carbocycles. The van der Waals surface area contributed by atoms with Crippen LogP contribution in [-0.4, -0.2) is 5.78 Å². The minimum absolute atomic E-state index is 0.0492. The van der Waals surface area contributed by atoms with E-state index in [4.69, 9.17) is 16.9 Å². The molecule has 0 amide bonds. The lowest BCUT2D eigenvalue weighted by molar-refractivity contribution is -0.116. The number of hydrogen-bond donors (Lipinski definition) is 0. The van der Waals surface area contributed by atoms with Crippen molar-refractivity contribution in [2.24, 2.45) is 0 Å². The Bertz CT molecular complexity index is 468. The Kier molecular flexibility index (Phi) is 4.59. The molecule has 0 heterocycles. The van der Waals surface area contributed by atoms with E-state index < -0.39 is 11.8 Å². The average Bonchev–Trinajstić information content (AvgIpc) is 2.28. The van der Waals surface area contributed by atoms with Gasteiger partial charge in [0.05, 0.1) is 12.5 Å². The fourth-order valence-electron chi connectivity index (χ4n) is 1.47. The van der Waals surface area contributed by atoms with Crippen LogP contribution in [0.5, 0.6) is 0 Å². The molecule has 0 fully saturated rings. The normalized spacial score (nSPS) is 12.2. The van der Waals surface area contributed by atoms with Crippen LogP contribution >= 0.6 is 11.6 Å². The summed E-state index contributed by atoms with van der Waals surface area (Å²) in [6, 6.07) is 5.70. The van der Waals surface area contributed by atoms with Gasteiger partial charge in [-0.25, -0.2) is 8.78 Å². The molecule has 0 aliphatic carbocycles. The smallest absolute Gasteiger partial charge is 0.263 e. The molecule has 0 bridgehead atoms. The number of halogens is 3. The number of rotatable bonds is 4. The molecule has 1 aromatic carbocycles. The first-order valence-electron chi connectivity index (χ1n) is 4.89. The van der Waals surface area contributed by atoms with Gasteiger partial charge in [-0.2, -0.15) is 5.26 Å². The van der Waals surface area contributed by atoms with Crippen molar-refractivity contribution in [3.8, 4) is 6.07 Å². The van der Waals surface area contributed by atoms with Crippen molar-refractivity contribution in [1.29, 1.82) is 5.26 Å². The van der Waals surface area contributed by atoms with E-state index in [1.807, 2.05) is 6.07 Å². The first-order valence-corrected chi connectivity index (χ1v) is 5.33. The molecule has 0 aliphatic heterocycles. The molecule has 1 rings (SSSR count). The van der Waals surface area contributed by atoms with Gasteiger partial charge in [0, 0.05) is 5.56 Å². The fraction of sp³-hybridized carbons (Fsp3) is 0.333. The van der Waals surface area contributed by atoms with Gasteiger partial charge >= 0.3 is 0 Å². The van der Waals surface area contributed by atoms with Gasteiger partial charge in [0.15, 0.2) is 5.78 Å². The Hall–Kier alpha value is -1.47. The van der Waals surface area contributed by atoms with Crippen molar-refractivity contribution in [2.45, 2.75) is 25.1 Å². The van der Waals surface area contributed by atoms with Crippen LogP contribution in [0.15, 0.2) is 18.2 Å². The Labute approximate surface area is 103 Å². The van der Waals surface area contributed by atoms with E-state index >= 15 is 0 Å². The van der Waals surface area contributed by atoms with E-state index in [9.17, 15) is 13.6 Å². The third-order valence-electron chi connectivity index (χ3n) is 2.32. The highest BCUT2D eigenvalue weighted by Crippen LogP contribution is 2.29. The fourth-order valence-corrected chi connectivity index (χ4v) is 1.68. The summed E-state index contributed by atoms with van der Waals surface area (Å²) in [7, 11) is 0. The minimum Gasteiger partial charge on any atom is -0.298 e. The number of alkyl halides is 3. The number of carbonyl (C=O) groups is 1. The summed E-state index contributed by atoms with van der Waals surface area (Å²) in [6.07, 6.45) is -2.65. The largest absolute Gasteiger partial charge is 0.298 e. The van der Waals surface area contributed by atoms with Gasteiger partial charge < -0.3 is 0 Å². The maximum absolute atomic E-state index is 12.5. The third-order valence-corrected chi connectivity index (χ3v) is 2.86. The lowest BCUT2D eigenvalue weighted by Gasteiger charge is -2.12. The predicted molar refractivity (Wildman–Crippen MR) is 60.0 cm³/mol. The first kappa shape index (κ1) is 13.6. The highest BCUT2D eigenvalue weighted by atomic mass is 35.5. The number of nitriles is 1. The second-order valence-corrected chi connectivity index (χ2v) is 4.00. The highest BCUT2D eigenvalue weighted by Gasteiger charge is 2.18. The molecule has 1 aromatic rings. The molecule has 0 aromatic heterocycles. The van der Waals surface area contributed by atoms with Crippen LogP contribution in [0.2, 0.25) is 0 Å². The molecule has 1 unspecified atom stereocenters. The van der Waals surface area contributed by atoms with E-state index in [2.05, 4.69) is 0 Å². The molecule has 2 nitrogen and oxygen atoms in total. The number of hydrogen-bond acceptors (Lipinski definition) is 2. The van der Waals surface area contributed by atoms with Crippen LogP contribution in [-0.2, 0) is 11.2 Å². The van der Waals surface area contributed by atoms with E-state index in [0.717, 1.165) is 0 Å². The van der Waals surface area contributed by atoms with Gasteiger partial charge in [-0.05, 0) is 24.1 Å². The highest BCUT2D eigenvalue weighted by molar-refractivity contribution is 6.30. The molecule has 0 saturated heterocycles. The molecular formula is C12H10ClF2NO. The monoisotopic (exact) mass is 257 g/mol. The zero-order valence-corrected chi connectivity index (χ0v) is 9.84. The Balaban J connectivity index is 3.22. The van der Waals surface area contributed by atoms with Crippen molar-refractivity contribution < 1.29 is 13.6 Å². The zero-order valence-electron chi connectivity index (χ0n) is 9.08. The molecule has 0 radical (unpaired) electrons. The summed E-state index contributed by atoms with van der Waals surface area (Å²) in [4.78, 5) is 11.2. The number of nitrogens with zero attached hydrogens (tertiary/aromatic N) is 1. The van der Waals surface area contributed by atoms with Crippen LogP contribution < -0.4 is 0 Å². The maximum atomic E-state index is 12.5. The van der Waals surface area contributed by atoms with Crippen LogP contribution in [0.4, 0.5) is 8.78 Å². The van der Waals surface area contributed by atoms with Crippen molar-refractivity contribution in [1.82, 2.24) is 0 Å². The minimum atomic E-state index is -2.60. The van der Waals surface area contributed by atoms with Crippen LogP contribution in [0.25, 0.3) is 0 Å². The van der Waals surface area contributed by atoms with E-state index in [1.165, 1.54) is 25.1 Å². The predicted octanol–water partition coefficient (Wildman–Crippen LogP) is 3.56. The van der Waals surface area contributed by atoms with Gasteiger partial charge in [-0.3, -0.25) is 4.79 Å². The van der Waals surface area contributed by atoms with E-state index in [-0.39, 0.29) is 17.8 Å². The van der Waals surface area contributed by atoms with Crippen LogP contribution in [0.3, 0.4) is 0 Å². The van der Waals surface area contributed by atoms with Crippen molar-refractivity contribution in [2.75, 3.05) is 0 Å². The van der Waals surface area contributed by atoms with Gasteiger partial charge in [0.2, 0.25) is 0 Å². The van der Waals surface area contributed by atoms with Gasteiger partial charge in [0.25, 0.3) is 6.43 Å². The summed E-state index contributed by atoms with van der Waals surface area (Å²) in [5.74, 6) is -0.282. The third kappa shape index (κ3) is 3.24. The Morgan fingerprint density at radius 3 is 2.65 bits per heavy atom. The number of carbonyl (C=O) groups excluding carboxylic acids is 1. The topological polar surface area (TPSA) is 40.9 Å². The average molecular weight is 258 g/mol. The van der Waals surface area contributed by atoms with Gasteiger partial charge in [-0.1, -0.05) is 12.1 Å². The SMILES string of the molecule is CC(=O)C(Cl)c1ccc(C(F)F)cc1CC#N. The Morgan fingerprint density at radius 1 is 1.53 bits per heavy atom. The molecular weight excluding hydrogens is 248 g/mol. The van der Waals surface area contributed by atoms with Crippen molar-refractivity contribution in [3.05, 3.63) is 34.9 Å². The molecule has 1 atom stereocenters. The van der Waals surface area contributed by atoms with Crippen molar-refractivity contribution >= 4 is 17.4 Å². The molecule has 17 heavy (non-hydrogen) atoms. The molecule has 0 aliphatic rings. The number of ketones is 1.